The second-order valence-corrected chi connectivity index (χ2v) is 10.7. The van der Waals surface area contributed by atoms with E-state index in [0.29, 0.717) is 22.8 Å². The standard InChI is InChI=1S/C30H30Cl2FNO5/c1-8-16(3)38-28(36)19-11-13-23(33)20(14-19)24-17(4)34(9-2)26(18-10-12-21(31)22(32)15-18)25(27(24)35)29(37)39-30(5,6)7/h8,10-16H,1,9H2,2-7H3. The Morgan fingerprint density at radius 2 is 1.77 bits per heavy atom. The van der Waals surface area contributed by atoms with Crippen molar-refractivity contribution in [3.63, 3.8) is 0 Å². The van der Waals surface area contributed by atoms with Crippen molar-refractivity contribution in [2.45, 2.75) is 59.8 Å². The molecule has 0 saturated heterocycles. The number of halogens is 3. The van der Waals surface area contributed by atoms with Crippen LogP contribution in [0.1, 0.15) is 61.0 Å². The van der Waals surface area contributed by atoms with Crippen LogP contribution in [0.5, 0.6) is 0 Å². The highest BCUT2D eigenvalue weighted by Gasteiger charge is 2.30. The first-order valence-electron chi connectivity index (χ1n) is 12.3. The SMILES string of the molecule is C=CC(C)OC(=O)c1ccc(F)c(-c2c(C)n(CC)c(-c3ccc(Cl)c(Cl)c3)c(C(=O)OC(C)(C)C)c2=O)c1. The van der Waals surface area contributed by atoms with Crippen LogP contribution in [0.25, 0.3) is 22.4 Å². The molecular formula is C30H30Cl2FNO5. The Labute approximate surface area is 237 Å². The highest BCUT2D eigenvalue weighted by molar-refractivity contribution is 6.42. The summed E-state index contributed by atoms with van der Waals surface area (Å²) in [4.78, 5) is 40.3. The Morgan fingerprint density at radius 3 is 2.33 bits per heavy atom. The molecule has 0 fully saturated rings. The molecule has 0 spiro atoms. The quantitative estimate of drug-likeness (QED) is 0.214. The van der Waals surface area contributed by atoms with Crippen LogP contribution in [0.15, 0.2) is 53.8 Å². The Morgan fingerprint density at radius 1 is 1.10 bits per heavy atom. The Balaban J connectivity index is 2.41. The molecule has 0 saturated carbocycles. The summed E-state index contributed by atoms with van der Waals surface area (Å²) < 4.78 is 27.9. The van der Waals surface area contributed by atoms with Gasteiger partial charge in [-0.2, -0.15) is 0 Å². The fourth-order valence-corrected chi connectivity index (χ4v) is 4.44. The van der Waals surface area contributed by atoms with Gasteiger partial charge in [0.2, 0.25) is 5.43 Å². The Kier molecular flexibility index (Phi) is 9.08. The van der Waals surface area contributed by atoms with Crippen LogP contribution < -0.4 is 5.43 Å². The summed E-state index contributed by atoms with van der Waals surface area (Å²) in [6, 6.07) is 8.35. The number of ether oxygens (including phenoxy) is 2. The maximum atomic E-state index is 15.3. The zero-order chi connectivity index (χ0) is 29.2. The minimum absolute atomic E-state index is 0.0364. The van der Waals surface area contributed by atoms with Crippen molar-refractivity contribution in [1.29, 1.82) is 0 Å². The van der Waals surface area contributed by atoms with E-state index in [9.17, 15) is 14.4 Å². The lowest BCUT2D eigenvalue weighted by Crippen LogP contribution is -2.31. The van der Waals surface area contributed by atoms with Gasteiger partial charge in [-0.1, -0.05) is 41.9 Å². The van der Waals surface area contributed by atoms with Gasteiger partial charge in [0, 0.05) is 23.4 Å². The highest BCUT2D eigenvalue weighted by Crippen LogP contribution is 2.34. The Hall–Kier alpha value is -3.42. The molecule has 1 aromatic heterocycles. The van der Waals surface area contributed by atoms with Crippen molar-refractivity contribution in [2.75, 3.05) is 0 Å². The number of hydrogen-bond acceptors (Lipinski definition) is 5. The third-order valence-electron chi connectivity index (χ3n) is 5.94. The molecule has 2 aromatic carbocycles. The van der Waals surface area contributed by atoms with Crippen molar-refractivity contribution in [3.05, 3.63) is 92.0 Å². The van der Waals surface area contributed by atoms with Gasteiger partial charge in [-0.25, -0.2) is 14.0 Å². The second kappa shape index (κ2) is 11.8. The minimum atomic E-state index is -0.919. The molecule has 9 heteroatoms. The number of nitrogens with zero attached hydrogens (tertiary/aromatic N) is 1. The third kappa shape index (κ3) is 6.43. The van der Waals surface area contributed by atoms with Crippen molar-refractivity contribution in [2.24, 2.45) is 0 Å². The summed E-state index contributed by atoms with van der Waals surface area (Å²) in [5, 5.41) is 0.529. The lowest BCUT2D eigenvalue weighted by atomic mass is 9.94. The number of aromatic nitrogens is 1. The van der Waals surface area contributed by atoms with Crippen LogP contribution in [0.2, 0.25) is 10.0 Å². The fourth-order valence-electron chi connectivity index (χ4n) is 4.14. The smallest absolute Gasteiger partial charge is 0.344 e. The van der Waals surface area contributed by atoms with Crippen molar-refractivity contribution in [3.8, 4) is 22.4 Å². The summed E-state index contributed by atoms with van der Waals surface area (Å²) in [5.74, 6) is -2.34. The number of hydrogen-bond donors (Lipinski definition) is 0. The normalized spacial score (nSPS) is 12.1. The number of rotatable bonds is 7. The molecule has 0 aliphatic heterocycles. The van der Waals surface area contributed by atoms with E-state index in [1.807, 2.05) is 6.92 Å². The average Bonchev–Trinajstić information content (AvgIpc) is 2.85. The van der Waals surface area contributed by atoms with Crippen LogP contribution in [0, 0.1) is 12.7 Å². The van der Waals surface area contributed by atoms with E-state index in [2.05, 4.69) is 6.58 Å². The van der Waals surface area contributed by atoms with Gasteiger partial charge in [0.1, 0.15) is 23.1 Å². The summed E-state index contributed by atoms with van der Waals surface area (Å²) in [6.45, 7) is 14.0. The molecular weight excluding hydrogens is 544 g/mol. The van der Waals surface area contributed by atoms with Gasteiger partial charge in [-0.15, -0.1) is 0 Å². The zero-order valence-corrected chi connectivity index (χ0v) is 24.2. The lowest BCUT2D eigenvalue weighted by molar-refractivity contribution is 0.00679. The maximum absolute atomic E-state index is 15.3. The fraction of sp³-hybridized carbons (Fsp3) is 0.300. The monoisotopic (exact) mass is 573 g/mol. The molecule has 39 heavy (non-hydrogen) atoms. The van der Waals surface area contributed by atoms with Gasteiger partial charge >= 0.3 is 11.9 Å². The second-order valence-electron chi connectivity index (χ2n) is 9.93. The van der Waals surface area contributed by atoms with Crippen LogP contribution in [0.4, 0.5) is 4.39 Å². The van der Waals surface area contributed by atoms with E-state index in [1.54, 1.807) is 57.4 Å². The molecule has 1 atom stereocenters. The van der Waals surface area contributed by atoms with E-state index in [0.717, 1.165) is 6.07 Å². The van der Waals surface area contributed by atoms with Crippen molar-refractivity contribution in [1.82, 2.24) is 4.57 Å². The summed E-state index contributed by atoms with van der Waals surface area (Å²) in [5.41, 5.74) is -1.07. The molecule has 0 radical (unpaired) electrons. The zero-order valence-electron chi connectivity index (χ0n) is 22.7. The van der Waals surface area contributed by atoms with E-state index < -0.39 is 34.9 Å². The van der Waals surface area contributed by atoms with E-state index in [-0.39, 0.29) is 33.0 Å². The molecule has 1 heterocycles. The molecule has 0 N–H and O–H groups in total. The number of benzene rings is 2. The molecule has 1 unspecified atom stereocenters. The van der Waals surface area contributed by atoms with Crippen LogP contribution in [-0.2, 0) is 16.0 Å². The van der Waals surface area contributed by atoms with Gasteiger partial charge in [0.15, 0.2) is 0 Å². The van der Waals surface area contributed by atoms with E-state index in [4.69, 9.17) is 32.7 Å². The molecule has 0 bridgehead atoms. The third-order valence-corrected chi connectivity index (χ3v) is 6.68. The molecule has 0 amide bonds. The molecule has 206 valence electrons. The van der Waals surface area contributed by atoms with E-state index >= 15 is 4.39 Å². The predicted molar refractivity (Wildman–Crippen MR) is 152 cm³/mol. The summed E-state index contributed by atoms with van der Waals surface area (Å²) in [7, 11) is 0. The highest BCUT2D eigenvalue weighted by atomic mass is 35.5. The van der Waals surface area contributed by atoms with Gasteiger partial charge in [-0.05, 0) is 71.9 Å². The maximum Gasteiger partial charge on any atom is 0.344 e. The number of carbonyl (C=O) groups is 2. The van der Waals surface area contributed by atoms with Gasteiger partial charge in [0.25, 0.3) is 0 Å². The first-order valence-corrected chi connectivity index (χ1v) is 13.0. The molecule has 3 rings (SSSR count). The Bertz CT molecular complexity index is 1520. The number of pyridine rings is 1. The average molecular weight is 574 g/mol. The van der Waals surface area contributed by atoms with E-state index in [1.165, 1.54) is 18.2 Å². The van der Waals surface area contributed by atoms with Crippen molar-refractivity contribution < 1.29 is 23.5 Å². The van der Waals surface area contributed by atoms with Crippen LogP contribution in [-0.4, -0.2) is 28.2 Å². The van der Waals surface area contributed by atoms with Gasteiger partial charge in [0.05, 0.1) is 26.9 Å². The molecule has 3 aromatic rings. The van der Waals surface area contributed by atoms with Gasteiger partial charge < -0.3 is 14.0 Å². The van der Waals surface area contributed by atoms with Crippen LogP contribution in [0.3, 0.4) is 0 Å². The number of carbonyl (C=O) groups excluding carboxylic acids is 2. The molecule has 0 aliphatic rings. The first-order chi connectivity index (χ1) is 18.2. The van der Waals surface area contributed by atoms with Crippen LogP contribution >= 0.6 is 23.2 Å². The van der Waals surface area contributed by atoms with Gasteiger partial charge in [-0.3, -0.25) is 4.79 Å². The summed E-state index contributed by atoms with van der Waals surface area (Å²) >= 11 is 12.4. The lowest BCUT2D eigenvalue weighted by Gasteiger charge is -2.25. The predicted octanol–water partition coefficient (Wildman–Crippen LogP) is 7.64. The minimum Gasteiger partial charge on any atom is -0.456 e. The molecule has 0 aliphatic carbocycles. The molecule has 6 nitrogen and oxygen atoms in total. The van der Waals surface area contributed by atoms with Crippen molar-refractivity contribution >= 4 is 35.1 Å². The number of esters is 2. The summed E-state index contributed by atoms with van der Waals surface area (Å²) in [6.07, 6.45) is 0.871. The topological polar surface area (TPSA) is 74.6 Å². The largest absolute Gasteiger partial charge is 0.456 e. The first kappa shape index (κ1) is 30.1.